The molecule has 2 atom stereocenters. The zero-order valence-corrected chi connectivity index (χ0v) is 23.0. The van der Waals surface area contributed by atoms with Crippen molar-refractivity contribution in [3.05, 3.63) is 113 Å². The van der Waals surface area contributed by atoms with Crippen LogP contribution in [-0.2, 0) is 4.79 Å². The number of hydrogen-bond donors (Lipinski definition) is 2. The zero-order chi connectivity index (χ0) is 26.8. The third kappa shape index (κ3) is 5.20. The molecule has 38 heavy (non-hydrogen) atoms. The van der Waals surface area contributed by atoms with Crippen molar-refractivity contribution in [2.45, 2.75) is 46.2 Å². The predicted octanol–water partition coefficient (Wildman–Crippen LogP) is 6.11. The summed E-state index contributed by atoms with van der Waals surface area (Å²) >= 11 is 5.84. The van der Waals surface area contributed by atoms with Gasteiger partial charge in [0, 0.05) is 41.9 Å². The highest BCUT2D eigenvalue weighted by atomic mass is 32.1. The second-order valence-electron chi connectivity index (χ2n) is 9.99. The Labute approximate surface area is 229 Å². The van der Waals surface area contributed by atoms with E-state index in [2.05, 4.69) is 77.0 Å². The molecule has 6 nitrogen and oxygen atoms in total. The highest BCUT2D eigenvalue weighted by Crippen LogP contribution is 2.41. The fraction of sp³-hybridized carbons (Fsp3) is 0.258. The van der Waals surface area contributed by atoms with Gasteiger partial charge in [-0.2, -0.15) is 0 Å². The molecule has 0 unspecified atom stereocenters. The number of nitrogens with zero attached hydrogens (tertiary/aromatic N) is 3. The monoisotopic (exact) mass is 523 g/mol. The molecule has 2 aromatic heterocycles. The molecule has 0 saturated carbocycles. The Morgan fingerprint density at radius 1 is 0.974 bits per heavy atom. The Morgan fingerprint density at radius 2 is 1.68 bits per heavy atom. The van der Waals surface area contributed by atoms with E-state index in [0.717, 1.165) is 28.5 Å². The largest absolute Gasteiger partial charge is 0.352 e. The van der Waals surface area contributed by atoms with Crippen molar-refractivity contribution >= 4 is 28.9 Å². The van der Waals surface area contributed by atoms with E-state index in [4.69, 9.17) is 12.2 Å². The molecular weight excluding hydrogens is 490 g/mol. The minimum absolute atomic E-state index is 0.0419. The first kappa shape index (κ1) is 25.7. The molecule has 2 N–H and O–H groups in total. The summed E-state index contributed by atoms with van der Waals surface area (Å²) in [4.78, 5) is 19.6. The summed E-state index contributed by atoms with van der Waals surface area (Å²) in [6.45, 7) is 9.06. The van der Waals surface area contributed by atoms with Crippen LogP contribution in [0.15, 0.2) is 79.0 Å². The summed E-state index contributed by atoms with van der Waals surface area (Å²) in [7, 11) is 0. The number of nitrogens with one attached hydrogen (secondary N) is 2. The van der Waals surface area contributed by atoms with E-state index in [1.54, 1.807) is 0 Å². The van der Waals surface area contributed by atoms with E-state index in [1.807, 2.05) is 54.7 Å². The number of hydrogen-bond acceptors (Lipinski definition) is 3. The summed E-state index contributed by atoms with van der Waals surface area (Å²) < 4.78 is 2.31. The lowest BCUT2D eigenvalue weighted by atomic mass is 9.96. The molecule has 7 heteroatoms. The van der Waals surface area contributed by atoms with Crippen molar-refractivity contribution in [2.24, 2.45) is 0 Å². The van der Waals surface area contributed by atoms with Gasteiger partial charge in [-0.25, -0.2) is 0 Å². The summed E-state index contributed by atoms with van der Waals surface area (Å²) in [5, 5.41) is 7.13. The average molecular weight is 524 g/mol. The number of rotatable bonds is 7. The highest BCUT2D eigenvalue weighted by Gasteiger charge is 2.41. The molecule has 1 fully saturated rings. The van der Waals surface area contributed by atoms with Crippen LogP contribution in [0.1, 0.15) is 52.3 Å². The van der Waals surface area contributed by atoms with Gasteiger partial charge in [0.25, 0.3) is 0 Å². The van der Waals surface area contributed by atoms with Crippen LogP contribution in [0.3, 0.4) is 0 Å². The van der Waals surface area contributed by atoms with Gasteiger partial charge >= 0.3 is 0 Å². The Morgan fingerprint density at radius 3 is 2.37 bits per heavy atom. The van der Waals surface area contributed by atoms with E-state index < -0.39 is 0 Å². The van der Waals surface area contributed by atoms with Crippen molar-refractivity contribution in [3.63, 3.8) is 0 Å². The van der Waals surface area contributed by atoms with Gasteiger partial charge < -0.3 is 20.1 Å². The molecule has 1 aliphatic heterocycles. The maximum atomic E-state index is 12.8. The minimum Gasteiger partial charge on any atom is -0.352 e. The fourth-order valence-corrected chi connectivity index (χ4v) is 5.85. The number of aromatic nitrogens is 2. The van der Waals surface area contributed by atoms with Gasteiger partial charge in [-0.1, -0.05) is 30.3 Å². The number of anilines is 1. The van der Waals surface area contributed by atoms with E-state index in [0.29, 0.717) is 18.1 Å². The van der Waals surface area contributed by atoms with Gasteiger partial charge in [-0.05, 0) is 99.1 Å². The lowest BCUT2D eigenvalue weighted by Crippen LogP contribution is -2.32. The summed E-state index contributed by atoms with van der Waals surface area (Å²) in [5.74, 6) is -0.0419. The molecular formula is C31H33N5OS. The van der Waals surface area contributed by atoms with E-state index in [9.17, 15) is 4.79 Å². The second kappa shape index (κ2) is 10.8. The average Bonchev–Trinajstić information content (AvgIpc) is 3.37. The molecule has 2 aromatic carbocycles. The van der Waals surface area contributed by atoms with Crippen LogP contribution in [0.2, 0.25) is 0 Å². The third-order valence-electron chi connectivity index (χ3n) is 7.09. The van der Waals surface area contributed by atoms with E-state index in [-0.39, 0.29) is 18.0 Å². The Balaban J connectivity index is 1.49. The number of thiocarbonyl (C=S) groups is 1. The van der Waals surface area contributed by atoms with Crippen LogP contribution in [0.5, 0.6) is 0 Å². The van der Waals surface area contributed by atoms with Gasteiger partial charge in [0.05, 0.1) is 17.8 Å². The summed E-state index contributed by atoms with van der Waals surface area (Å²) in [5.41, 5.74) is 8.82. The van der Waals surface area contributed by atoms with Crippen LogP contribution in [0, 0.1) is 27.7 Å². The summed E-state index contributed by atoms with van der Waals surface area (Å²) in [6.07, 6.45) is 2.13. The lowest BCUT2D eigenvalue weighted by Gasteiger charge is -2.28. The first-order chi connectivity index (χ1) is 18.3. The zero-order valence-electron chi connectivity index (χ0n) is 22.2. The van der Waals surface area contributed by atoms with Crippen LogP contribution < -0.4 is 10.6 Å². The number of carbonyl (C=O) groups is 1. The molecule has 5 rings (SSSR count). The van der Waals surface area contributed by atoms with Crippen LogP contribution in [0.4, 0.5) is 5.69 Å². The topological polar surface area (TPSA) is 62.2 Å². The fourth-order valence-electron chi connectivity index (χ4n) is 5.52. The molecule has 4 aromatic rings. The van der Waals surface area contributed by atoms with Gasteiger partial charge in [0.15, 0.2) is 5.11 Å². The van der Waals surface area contributed by atoms with Gasteiger partial charge in [-0.3, -0.25) is 9.78 Å². The molecule has 0 radical (unpaired) electrons. The SMILES string of the molecule is Cc1cc(C)cc(-n2c(C)cc([C@H]3[C@H](c4ccccn4)NC(=S)N3CCC(=O)Nc3ccccc3)c2C)c1. The molecule has 1 aliphatic rings. The molecule has 0 bridgehead atoms. The smallest absolute Gasteiger partial charge is 0.226 e. The maximum Gasteiger partial charge on any atom is 0.226 e. The molecule has 1 saturated heterocycles. The molecule has 3 heterocycles. The van der Waals surface area contributed by atoms with Crippen molar-refractivity contribution in [2.75, 3.05) is 11.9 Å². The predicted molar refractivity (Wildman–Crippen MR) is 157 cm³/mol. The van der Waals surface area contributed by atoms with Crippen LogP contribution in [-0.4, -0.2) is 32.0 Å². The highest BCUT2D eigenvalue weighted by molar-refractivity contribution is 7.80. The number of aryl methyl sites for hydroxylation is 3. The Bertz CT molecular complexity index is 1440. The molecule has 0 spiro atoms. The number of benzene rings is 2. The lowest BCUT2D eigenvalue weighted by molar-refractivity contribution is -0.116. The minimum atomic E-state index is -0.130. The third-order valence-corrected chi connectivity index (χ3v) is 7.44. The Kier molecular flexibility index (Phi) is 7.29. The van der Waals surface area contributed by atoms with Crippen molar-refractivity contribution < 1.29 is 4.79 Å². The quantitative estimate of drug-likeness (QED) is 0.286. The molecule has 0 aliphatic carbocycles. The Hall–Kier alpha value is -3.97. The van der Waals surface area contributed by atoms with E-state index >= 15 is 0 Å². The van der Waals surface area contributed by atoms with Gasteiger partial charge in [0.1, 0.15) is 0 Å². The first-order valence-corrected chi connectivity index (χ1v) is 13.3. The first-order valence-electron chi connectivity index (χ1n) is 12.9. The normalized spacial score (nSPS) is 16.9. The van der Waals surface area contributed by atoms with Gasteiger partial charge in [-0.15, -0.1) is 0 Å². The van der Waals surface area contributed by atoms with Gasteiger partial charge in [0.2, 0.25) is 5.91 Å². The number of carbonyl (C=O) groups excluding carboxylic acids is 1. The number of pyridine rings is 1. The number of para-hydroxylation sites is 1. The molecule has 194 valence electrons. The van der Waals surface area contributed by atoms with Crippen molar-refractivity contribution in [1.82, 2.24) is 19.8 Å². The number of amides is 1. The summed E-state index contributed by atoms with van der Waals surface area (Å²) in [6, 6.07) is 24.1. The molecule has 1 amide bonds. The standard InChI is InChI=1S/C31H33N5OS/c1-20-16-21(2)18-25(17-20)36-22(3)19-26(23(36)4)30-29(27-12-8-9-14-32-27)34-31(38)35(30)15-13-28(37)33-24-10-6-5-7-11-24/h5-12,14,16-19,29-30H,13,15H2,1-4H3,(H,33,37)(H,34,38)/t29-,30-/m0/s1. The van der Waals surface area contributed by atoms with Crippen molar-refractivity contribution in [3.8, 4) is 5.69 Å². The van der Waals surface area contributed by atoms with E-state index in [1.165, 1.54) is 16.7 Å². The van der Waals surface area contributed by atoms with Crippen LogP contribution >= 0.6 is 12.2 Å². The van der Waals surface area contributed by atoms with Crippen molar-refractivity contribution in [1.29, 1.82) is 0 Å². The van der Waals surface area contributed by atoms with Crippen LogP contribution in [0.25, 0.3) is 5.69 Å². The second-order valence-corrected chi connectivity index (χ2v) is 10.4. The maximum absolute atomic E-state index is 12.8.